The van der Waals surface area contributed by atoms with Crippen LogP contribution in [-0.4, -0.2) is 19.5 Å². The van der Waals surface area contributed by atoms with Crippen molar-refractivity contribution < 1.29 is 18.3 Å². The monoisotopic (exact) mass is 241 g/mol. The van der Waals surface area contributed by atoms with Crippen LogP contribution in [0.2, 0.25) is 0 Å². The normalized spacial score (nSPS) is 12.5. The predicted octanol–water partition coefficient (Wildman–Crippen LogP) is 0.822. The summed E-state index contributed by atoms with van der Waals surface area (Å²) in [6.45, 7) is 1.63. The van der Waals surface area contributed by atoms with Gasteiger partial charge < -0.3 is 5.11 Å². The molecule has 16 heavy (non-hydrogen) atoms. The maximum Gasteiger partial charge on any atom is 0.328 e. The first-order valence-electron chi connectivity index (χ1n) is 4.35. The Morgan fingerprint density at radius 2 is 1.81 bits per heavy atom. The predicted molar refractivity (Wildman–Crippen MR) is 59.1 cm³/mol. The topological polar surface area (TPSA) is 97.5 Å². The molecule has 5 nitrogen and oxygen atoms in total. The Labute approximate surface area is 93.3 Å². The highest BCUT2D eigenvalue weighted by molar-refractivity contribution is 7.89. The zero-order chi connectivity index (χ0) is 12.3. The fraction of sp³-hybridized carbons (Fsp3) is 0.100. The van der Waals surface area contributed by atoms with E-state index in [2.05, 4.69) is 0 Å². The van der Waals surface area contributed by atoms with Crippen molar-refractivity contribution >= 4 is 21.6 Å². The van der Waals surface area contributed by atoms with Crippen molar-refractivity contribution in [1.82, 2.24) is 0 Å². The molecule has 0 atom stereocenters. The van der Waals surface area contributed by atoms with Gasteiger partial charge in [-0.1, -0.05) is 12.1 Å². The molecule has 0 aliphatic rings. The number of hydrogen-bond acceptors (Lipinski definition) is 3. The molecule has 0 aromatic heterocycles. The number of aliphatic carboxylic acids is 1. The van der Waals surface area contributed by atoms with Crippen LogP contribution in [0.25, 0.3) is 5.57 Å². The third kappa shape index (κ3) is 3.18. The van der Waals surface area contributed by atoms with Crippen LogP contribution in [-0.2, 0) is 14.8 Å². The van der Waals surface area contributed by atoms with Crippen molar-refractivity contribution in [3.05, 3.63) is 35.9 Å². The van der Waals surface area contributed by atoms with E-state index in [-0.39, 0.29) is 4.90 Å². The number of hydrogen-bond donors (Lipinski definition) is 2. The van der Waals surface area contributed by atoms with E-state index in [1.54, 1.807) is 6.92 Å². The van der Waals surface area contributed by atoms with Crippen molar-refractivity contribution in [1.29, 1.82) is 0 Å². The SMILES string of the molecule is CC(=CC(=O)O)c1ccc(S(N)(=O)=O)cc1. The summed E-state index contributed by atoms with van der Waals surface area (Å²) in [5.41, 5.74) is 1.17. The number of carboxylic acid groups (broad SMARTS) is 1. The lowest BCUT2D eigenvalue weighted by atomic mass is 10.1. The molecule has 0 saturated heterocycles. The smallest absolute Gasteiger partial charge is 0.328 e. The first kappa shape index (κ1) is 12.4. The van der Waals surface area contributed by atoms with Crippen LogP contribution in [0.5, 0.6) is 0 Å². The molecule has 0 amide bonds. The van der Waals surface area contributed by atoms with E-state index in [9.17, 15) is 13.2 Å². The first-order chi connectivity index (χ1) is 7.30. The zero-order valence-corrected chi connectivity index (χ0v) is 9.36. The largest absolute Gasteiger partial charge is 0.478 e. The van der Waals surface area contributed by atoms with E-state index in [1.807, 2.05) is 0 Å². The molecular weight excluding hydrogens is 230 g/mol. The fourth-order valence-corrected chi connectivity index (χ4v) is 1.69. The van der Waals surface area contributed by atoms with E-state index >= 15 is 0 Å². The second kappa shape index (κ2) is 4.46. The van der Waals surface area contributed by atoms with Crippen LogP contribution in [0.3, 0.4) is 0 Å². The summed E-state index contributed by atoms with van der Waals surface area (Å²) in [5, 5.41) is 13.5. The van der Waals surface area contributed by atoms with Crippen molar-refractivity contribution in [2.75, 3.05) is 0 Å². The maximum atomic E-state index is 11.0. The second-order valence-electron chi connectivity index (χ2n) is 3.23. The van der Waals surface area contributed by atoms with Gasteiger partial charge in [-0.2, -0.15) is 0 Å². The molecule has 0 aliphatic carbocycles. The van der Waals surface area contributed by atoms with Gasteiger partial charge in [0.25, 0.3) is 0 Å². The van der Waals surface area contributed by atoms with Gasteiger partial charge in [0.05, 0.1) is 4.90 Å². The molecule has 0 saturated carbocycles. The van der Waals surface area contributed by atoms with Crippen LogP contribution in [0, 0.1) is 0 Å². The molecule has 86 valence electrons. The maximum absolute atomic E-state index is 11.0. The summed E-state index contributed by atoms with van der Waals surface area (Å²) in [6.07, 6.45) is 1.05. The Bertz CT molecular complexity index is 528. The average molecular weight is 241 g/mol. The van der Waals surface area contributed by atoms with Gasteiger partial charge in [0.15, 0.2) is 0 Å². The molecule has 0 heterocycles. The number of benzene rings is 1. The molecule has 0 fully saturated rings. The van der Waals surface area contributed by atoms with Crippen LogP contribution in [0.1, 0.15) is 12.5 Å². The molecule has 0 unspecified atom stereocenters. The van der Waals surface area contributed by atoms with Gasteiger partial charge in [-0.3, -0.25) is 0 Å². The van der Waals surface area contributed by atoms with Gasteiger partial charge in [-0.15, -0.1) is 0 Å². The Balaban J connectivity index is 3.10. The number of allylic oxidation sites excluding steroid dienone is 1. The molecule has 0 spiro atoms. The van der Waals surface area contributed by atoms with Crippen molar-refractivity contribution in [3.8, 4) is 0 Å². The van der Waals surface area contributed by atoms with Crippen LogP contribution in [0.15, 0.2) is 35.2 Å². The number of primary sulfonamides is 1. The molecule has 0 aliphatic heterocycles. The average Bonchev–Trinajstić information content (AvgIpc) is 2.15. The second-order valence-corrected chi connectivity index (χ2v) is 4.80. The van der Waals surface area contributed by atoms with E-state index in [0.717, 1.165) is 6.08 Å². The van der Waals surface area contributed by atoms with Gasteiger partial charge >= 0.3 is 5.97 Å². The lowest BCUT2D eigenvalue weighted by molar-refractivity contribution is -0.131. The van der Waals surface area contributed by atoms with E-state index < -0.39 is 16.0 Å². The quantitative estimate of drug-likeness (QED) is 0.765. The van der Waals surface area contributed by atoms with Crippen LogP contribution < -0.4 is 5.14 Å². The number of rotatable bonds is 3. The molecule has 6 heteroatoms. The van der Waals surface area contributed by atoms with E-state index in [4.69, 9.17) is 10.2 Å². The molecule has 1 rings (SSSR count). The number of carbonyl (C=O) groups is 1. The Hall–Kier alpha value is -1.66. The number of nitrogens with two attached hydrogens (primary N) is 1. The molecule has 1 aromatic rings. The highest BCUT2D eigenvalue weighted by Crippen LogP contribution is 2.16. The van der Waals surface area contributed by atoms with Gasteiger partial charge in [-0.25, -0.2) is 18.4 Å². The third-order valence-electron chi connectivity index (χ3n) is 1.98. The summed E-state index contributed by atoms with van der Waals surface area (Å²) in [7, 11) is -3.70. The molecule has 0 bridgehead atoms. The molecular formula is C10H11NO4S. The molecule has 1 aromatic carbocycles. The van der Waals surface area contributed by atoms with Crippen molar-refractivity contribution in [2.45, 2.75) is 11.8 Å². The van der Waals surface area contributed by atoms with Gasteiger partial charge in [-0.05, 0) is 30.2 Å². The standard InChI is InChI=1S/C10H11NO4S/c1-7(6-10(12)13)8-2-4-9(5-3-8)16(11,14)15/h2-6H,1H3,(H,12,13)(H2,11,14,15). The lowest BCUT2D eigenvalue weighted by Crippen LogP contribution is -2.11. The first-order valence-corrected chi connectivity index (χ1v) is 5.90. The summed E-state index contributed by atoms with van der Waals surface area (Å²) >= 11 is 0. The van der Waals surface area contributed by atoms with Crippen LogP contribution >= 0.6 is 0 Å². The van der Waals surface area contributed by atoms with Gasteiger partial charge in [0.1, 0.15) is 0 Å². The Kier molecular flexibility index (Phi) is 3.46. The highest BCUT2D eigenvalue weighted by Gasteiger charge is 2.07. The Morgan fingerprint density at radius 3 is 2.19 bits per heavy atom. The third-order valence-corrected chi connectivity index (χ3v) is 2.91. The minimum absolute atomic E-state index is 0.000579. The summed E-state index contributed by atoms with van der Waals surface area (Å²) in [5.74, 6) is -1.05. The van der Waals surface area contributed by atoms with Crippen molar-refractivity contribution in [3.63, 3.8) is 0 Å². The fourth-order valence-electron chi connectivity index (χ4n) is 1.18. The van der Waals surface area contributed by atoms with E-state index in [1.165, 1.54) is 24.3 Å². The van der Waals surface area contributed by atoms with E-state index in [0.29, 0.717) is 11.1 Å². The number of carboxylic acids is 1. The lowest BCUT2D eigenvalue weighted by Gasteiger charge is -2.02. The summed E-state index contributed by atoms with van der Waals surface area (Å²) in [6, 6.07) is 5.69. The van der Waals surface area contributed by atoms with Crippen LogP contribution in [0.4, 0.5) is 0 Å². The molecule has 0 radical (unpaired) electrons. The Morgan fingerprint density at radius 1 is 1.31 bits per heavy atom. The van der Waals surface area contributed by atoms with Crippen molar-refractivity contribution in [2.24, 2.45) is 5.14 Å². The zero-order valence-electron chi connectivity index (χ0n) is 8.54. The van der Waals surface area contributed by atoms with Gasteiger partial charge in [0.2, 0.25) is 10.0 Å². The minimum atomic E-state index is -3.70. The molecule has 3 N–H and O–H groups in total. The minimum Gasteiger partial charge on any atom is -0.478 e. The van der Waals surface area contributed by atoms with Gasteiger partial charge in [0, 0.05) is 6.08 Å². The number of sulfonamides is 1. The summed E-state index contributed by atoms with van der Waals surface area (Å²) in [4.78, 5) is 10.4. The highest BCUT2D eigenvalue weighted by atomic mass is 32.2. The summed E-state index contributed by atoms with van der Waals surface area (Å²) < 4.78 is 21.9.